The standard InChI is InChI=1S/C13H10O4S.3H2O/c14-13(10-6-2-1-3-7-10)11-8-4-5-9-12(11)18(15,16)17;;;/h1-9H,(H,15,16,17);3*1H2. The molecule has 0 unspecified atom stereocenters. The third-order valence-electron chi connectivity index (χ3n) is 2.45. The summed E-state index contributed by atoms with van der Waals surface area (Å²) in [6.45, 7) is 0. The van der Waals surface area contributed by atoms with E-state index in [0.717, 1.165) is 0 Å². The van der Waals surface area contributed by atoms with Gasteiger partial charge in [0.2, 0.25) is 0 Å². The van der Waals surface area contributed by atoms with Gasteiger partial charge in [-0.2, -0.15) is 8.42 Å². The Morgan fingerprint density at radius 1 is 0.810 bits per heavy atom. The van der Waals surface area contributed by atoms with Gasteiger partial charge in [-0.25, -0.2) is 0 Å². The number of rotatable bonds is 3. The van der Waals surface area contributed by atoms with Crippen molar-refractivity contribution < 1.29 is 34.2 Å². The first-order valence-electron chi connectivity index (χ1n) is 5.16. The summed E-state index contributed by atoms with van der Waals surface area (Å²) in [5.74, 6) is -0.441. The van der Waals surface area contributed by atoms with Crippen LogP contribution in [-0.2, 0) is 10.1 Å². The quantitative estimate of drug-likeness (QED) is 0.606. The van der Waals surface area contributed by atoms with Crippen molar-refractivity contribution in [1.29, 1.82) is 0 Å². The van der Waals surface area contributed by atoms with Gasteiger partial charge in [-0.05, 0) is 12.1 Å². The minimum absolute atomic E-state index is 0. The lowest BCUT2D eigenvalue weighted by atomic mass is 10.0. The van der Waals surface area contributed by atoms with Crippen molar-refractivity contribution in [2.75, 3.05) is 0 Å². The zero-order chi connectivity index (χ0) is 13.2. The van der Waals surface area contributed by atoms with E-state index in [9.17, 15) is 13.2 Å². The molecule has 8 heteroatoms. The lowest BCUT2D eigenvalue weighted by Gasteiger charge is -2.05. The second kappa shape index (κ2) is 8.25. The molecule has 0 bridgehead atoms. The van der Waals surface area contributed by atoms with E-state index in [0.29, 0.717) is 5.56 Å². The van der Waals surface area contributed by atoms with Crippen LogP contribution in [0.5, 0.6) is 0 Å². The average Bonchev–Trinajstić information content (AvgIpc) is 2.38. The predicted molar refractivity (Wildman–Crippen MR) is 77.0 cm³/mol. The molecular weight excluding hydrogens is 300 g/mol. The van der Waals surface area contributed by atoms with Gasteiger partial charge in [-0.1, -0.05) is 42.5 Å². The SMILES string of the molecule is O.O.O.O=C(c1ccccc1)c1ccccc1S(=O)(=O)O. The zero-order valence-corrected chi connectivity index (χ0v) is 11.6. The second-order valence-corrected chi connectivity index (χ2v) is 5.06. The predicted octanol–water partition coefficient (Wildman–Crippen LogP) is -0.310. The van der Waals surface area contributed by atoms with Gasteiger partial charge in [-0.3, -0.25) is 9.35 Å². The summed E-state index contributed by atoms with van der Waals surface area (Å²) in [7, 11) is -4.41. The summed E-state index contributed by atoms with van der Waals surface area (Å²) < 4.78 is 31.5. The summed E-state index contributed by atoms with van der Waals surface area (Å²) >= 11 is 0. The number of ketones is 1. The third-order valence-corrected chi connectivity index (χ3v) is 3.36. The molecular formula is C13H16O7S. The van der Waals surface area contributed by atoms with Crippen molar-refractivity contribution in [1.82, 2.24) is 0 Å². The minimum atomic E-state index is -4.41. The average molecular weight is 316 g/mol. The van der Waals surface area contributed by atoms with Crippen LogP contribution in [0.2, 0.25) is 0 Å². The summed E-state index contributed by atoms with van der Waals surface area (Å²) in [5.41, 5.74) is 0.333. The highest BCUT2D eigenvalue weighted by Crippen LogP contribution is 2.18. The number of hydrogen-bond donors (Lipinski definition) is 1. The van der Waals surface area contributed by atoms with Crippen LogP contribution in [0.15, 0.2) is 59.5 Å². The van der Waals surface area contributed by atoms with E-state index in [2.05, 4.69) is 0 Å². The Morgan fingerprint density at radius 2 is 1.29 bits per heavy atom. The smallest absolute Gasteiger partial charge is 0.295 e. The fraction of sp³-hybridized carbons (Fsp3) is 0. The Morgan fingerprint density at radius 3 is 1.81 bits per heavy atom. The molecule has 2 rings (SSSR count). The van der Waals surface area contributed by atoms with Gasteiger partial charge in [0.25, 0.3) is 10.1 Å². The Hall–Kier alpha value is -2.10. The first kappa shape index (κ1) is 21.2. The van der Waals surface area contributed by atoms with Crippen molar-refractivity contribution in [2.45, 2.75) is 4.90 Å². The molecule has 0 saturated carbocycles. The van der Waals surface area contributed by atoms with Crippen molar-refractivity contribution in [3.63, 3.8) is 0 Å². The second-order valence-electron chi connectivity index (χ2n) is 3.67. The van der Waals surface area contributed by atoms with E-state index >= 15 is 0 Å². The van der Waals surface area contributed by atoms with Gasteiger partial charge in [0.05, 0.1) is 0 Å². The molecule has 2 aromatic rings. The Balaban J connectivity index is 0. The first-order valence-corrected chi connectivity index (χ1v) is 6.60. The van der Waals surface area contributed by atoms with Gasteiger partial charge < -0.3 is 16.4 Å². The molecule has 0 heterocycles. The van der Waals surface area contributed by atoms with E-state index in [4.69, 9.17) is 4.55 Å². The van der Waals surface area contributed by atoms with E-state index in [-0.39, 0.29) is 26.9 Å². The molecule has 0 aromatic heterocycles. The van der Waals surface area contributed by atoms with E-state index < -0.39 is 15.9 Å². The van der Waals surface area contributed by atoms with Crippen LogP contribution in [-0.4, -0.2) is 35.2 Å². The van der Waals surface area contributed by atoms with E-state index in [1.165, 1.54) is 18.2 Å². The first-order chi connectivity index (χ1) is 8.50. The van der Waals surface area contributed by atoms with E-state index in [1.807, 2.05) is 0 Å². The van der Waals surface area contributed by atoms with Gasteiger partial charge in [0.1, 0.15) is 4.90 Å². The molecule has 2 aromatic carbocycles. The number of carbonyl (C=O) groups excluding carboxylic acids is 1. The monoisotopic (exact) mass is 316 g/mol. The van der Waals surface area contributed by atoms with Crippen LogP contribution >= 0.6 is 0 Å². The highest BCUT2D eigenvalue weighted by Gasteiger charge is 2.20. The number of hydrogen-bond acceptors (Lipinski definition) is 3. The van der Waals surface area contributed by atoms with Crippen molar-refractivity contribution in [3.05, 3.63) is 65.7 Å². The molecule has 0 amide bonds. The van der Waals surface area contributed by atoms with Crippen LogP contribution in [0.1, 0.15) is 15.9 Å². The normalized spacial score (nSPS) is 9.57. The fourth-order valence-electron chi connectivity index (χ4n) is 1.62. The Bertz CT molecular complexity index is 681. The maximum atomic E-state index is 12.1. The lowest BCUT2D eigenvalue weighted by molar-refractivity contribution is 0.103. The summed E-state index contributed by atoms with van der Waals surface area (Å²) in [6, 6.07) is 13.9. The zero-order valence-electron chi connectivity index (χ0n) is 10.8. The molecule has 0 aliphatic rings. The number of benzene rings is 2. The van der Waals surface area contributed by atoms with Crippen LogP contribution in [0, 0.1) is 0 Å². The molecule has 116 valence electrons. The molecule has 21 heavy (non-hydrogen) atoms. The summed E-state index contributed by atoms with van der Waals surface area (Å²) in [4.78, 5) is 11.8. The maximum Gasteiger partial charge on any atom is 0.295 e. The maximum absolute atomic E-state index is 12.1. The number of carbonyl (C=O) groups is 1. The van der Waals surface area contributed by atoms with Crippen molar-refractivity contribution >= 4 is 15.9 Å². The van der Waals surface area contributed by atoms with Crippen LogP contribution < -0.4 is 0 Å². The third kappa shape index (κ3) is 4.74. The molecule has 0 atom stereocenters. The topological polar surface area (TPSA) is 166 Å². The van der Waals surface area contributed by atoms with E-state index in [1.54, 1.807) is 36.4 Å². The molecule has 0 fully saturated rings. The van der Waals surface area contributed by atoms with Gasteiger partial charge in [0, 0.05) is 11.1 Å². The van der Waals surface area contributed by atoms with Gasteiger partial charge >= 0.3 is 0 Å². The minimum Gasteiger partial charge on any atom is -0.412 e. The summed E-state index contributed by atoms with van der Waals surface area (Å²) in [6.07, 6.45) is 0. The molecule has 0 radical (unpaired) electrons. The highest BCUT2D eigenvalue weighted by molar-refractivity contribution is 7.86. The molecule has 0 aliphatic heterocycles. The Kier molecular flexibility index (Phi) is 8.33. The molecule has 0 aliphatic carbocycles. The Labute approximate surface area is 121 Å². The van der Waals surface area contributed by atoms with Gasteiger partial charge in [0.15, 0.2) is 5.78 Å². The van der Waals surface area contributed by atoms with Crippen molar-refractivity contribution in [2.24, 2.45) is 0 Å². The largest absolute Gasteiger partial charge is 0.412 e. The van der Waals surface area contributed by atoms with Crippen LogP contribution in [0.4, 0.5) is 0 Å². The molecule has 7 nitrogen and oxygen atoms in total. The molecule has 0 spiro atoms. The van der Waals surface area contributed by atoms with Crippen molar-refractivity contribution in [3.8, 4) is 0 Å². The van der Waals surface area contributed by atoms with Crippen LogP contribution in [0.3, 0.4) is 0 Å². The fourth-order valence-corrected chi connectivity index (χ4v) is 2.31. The highest BCUT2D eigenvalue weighted by atomic mass is 32.2. The van der Waals surface area contributed by atoms with Crippen LogP contribution in [0.25, 0.3) is 0 Å². The lowest BCUT2D eigenvalue weighted by Crippen LogP contribution is -2.09. The molecule has 0 saturated heterocycles. The summed E-state index contributed by atoms with van der Waals surface area (Å²) in [5, 5.41) is 0. The molecule has 7 N–H and O–H groups in total. The van der Waals surface area contributed by atoms with Gasteiger partial charge in [-0.15, -0.1) is 0 Å².